The summed E-state index contributed by atoms with van der Waals surface area (Å²) in [4.78, 5) is 37.4. The molecule has 0 aromatic heterocycles. The summed E-state index contributed by atoms with van der Waals surface area (Å²) in [6, 6.07) is 7.36. The smallest absolute Gasteiger partial charge is 0.440 e. The molecule has 2 aromatic rings. The number of anilines is 1. The maximum Gasteiger partial charge on any atom is 0.440 e. The van der Waals surface area contributed by atoms with Crippen molar-refractivity contribution in [2.24, 2.45) is 0 Å². The van der Waals surface area contributed by atoms with Crippen LogP contribution in [0, 0.1) is 5.82 Å². The number of ether oxygens (including phenoxy) is 1. The highest BCUT2D eigenvalue weighted by atomic mass is 19.4. The van der Waals surface area contributed by atoms with Crippen LogP contribution in [0.2, 0.25) is 0 Å². The van der Waals surface area contributed by atoms with Gasteiger partial charge in [0.15, 0.2) is 0 Å². The molecule has 3 rings (SSSR count). The third-order valence-electron chi connectivity index (χ3n) is 4.18. The normalized spacial score (nSPS) is 19.1. The Kier molecular flexibility index (Phi) is 4.91. The molecule has 1 aliphatic rings. The lowest BCUT2D eigenvalue weighted by Crippen LogP contribution is -2.69. The number of hydrogen-bond acceptors (Lipinski definition) is 4. The van der Waals surface area contributed by atoms with Crippen molar-refractivity contribution in [1.29, 1.82) is 0 Å². The summed E-state index contributed by atoms with van der Waals surface area (Å²) >= 11 is 0. The van der Waals surface area contributed by atoms with E-state index in [0.29, 0.717) is 5.75 Å². The number of alkyl halides is 3. The summed E-state index contributed by atoms with van der Waals surface area (Å²) in [5, 5.41) is 3.06. The first kappa shape index (κ1) is 20.1. The van der Waals surface area contributed by atoms with Gasteiger partial charge in [0.1, 0.15) is 11.6 Å². The molecule has 1 fully saturated rings. The predicted octanol–water partition coefficient (Wildman–Crippen LogP) is 2.58. The van der Waals surface area contributed by atoms with Crippen molar-refractivity contribution in [3.63, 3.8) is 0 Å². The molecule has 2 N–H and O–H groups in total. The van der Waals surface area contributed by atoms with E-state index in [1.807, 2.05) is 0 Å². The summed E-state index contributed by atoms with van der Waals surface area (Å²) < 4.78 is 59.4. The number of rotatable bonds is 4. The Bertz CT molecular complexity index is 961. The van der Waals surface area contributed by atoms with E-state index in [1.165, 1.54) is 42.0 Å². The van der Waals surface area contributed by atoms with Gasteiger partial charge in [-0.2, -0.15) is 13.2 Å². The first-order valence-corrected chi connectivity index (χ1v) is 8.04. The van der Waals surface area contributed by atoms with Crippen LogP contribution in [0.3, 0.4) is 0 Å². The minimum Gasteiger partial charge on any atom is -0.497 e. The van der Waals surface area contributed by atoms with Gasteiger partial charge in [0.2, 0.25) is 0 Å². The van der Waals surface area contributed by atoms with Gasteiger partial charge in [0.25, 0.3) is 17.5 Å². The third kappa shape index (κ3) is 3.46. The summed E-state index contributed by atoms with van der Waals surface area (Å²) in [7, 11) is 1.36. The lowest BCUT2D eigenvalue weighted by molar-refractivity contribution is -0.197. The number of nitrogens with one attached hydrogen (secondary N) is 2. The lowest BCUT2D eigenvalue weighted by Gasteiger charge is -2.29. The molecule has 0 unspecified atom stereocenters. The van der Waals surface area contributed by atoms with E-state index in [-0.39, 0.29) is 16.2 Å². The molecule has 1 heterocycles. The molecule has 11 heteroatoms. The van der Waals surface area contributed by atoms with Crippen LogP contribution in [0.1, 0.15) is 10.4 Å². The molecule has 29 heavy (non-hydrogen) atoms. The molecule has 0 spiro atoms. The summed E-state index contributed by atoms with van der Waals surface area (Å²) in [5.74, 6) is -3.42. The largest absolute Gasteiger partial charge is 0.497 e. The predicted molar refractivity (Wildman–Crippen MR) is 91.7 cm³/mol. The fraction of sp³-hybridized carbons (Fsp3) is 0.167. The van der Waals surface area contributed by atoms with Crippen molar-refractivity contribution < 1.29 is 36.7 Å². The molecule has 1 aliphatic heterocycles. The van der Waals surface area contributed by atoms with Gasteiger partial charge in [0.05, 0.1) is 12.8 Å². The van der Waals surface area contributed by atoms with E-state index >= 15 is 0 Å². The number of nitrogens with zero attached hydrogens (tertiary/aromatic N) is 1. The monoisotopic (exact) mass is 411 g/mol. The molecule has 1 saturated heterocycles. The van der Waals surface area contributed by atoms with Gasteiger partial charge in [0, 0.05) is 5.56 Å². The fourth-order valence-corrected chi connectivity index (χ4v) is 2.69. The molecular formula is C18H13F4N3O4. The first-order chi connectivity index (χ1) is 13.6. The highest BCUT2D eigenvalue weighted by molar-refractivity contribution is 6.24. The van der Waals surface area contributed by atoms with Gasteiger partial charge >= 0.3 is 12.2 Å². The van der Waals surface area contributed by atoms with Crippen LogP contribution in [-0.4, -0.2) is 36.8 Å². The summed E-state index contributed by atoms with van der Waals surface area (Å²) in [5.41, 5.74) is -4.18. The van der Waals surface area contributed by atoms with Crippen LogP contribution in [0.4, 0.5) is 28.0 Å². The van der Waals surface area contributed by atoms with Gasteiger partial charge in [-0.15, -0.1) is 0 Å². The zero-order chi connectivity index (χ0) is 21.4. The highest BCUT2D eigenvalue weighted by Crippen LogP contribution is 2.36. The van der Waals surface area contributed by atoms with Gasteiger partial charge in [-0.3, -0.25) is 14.9 Å². The van der Waals surface area contributed by atoms with Crippen LogP contribution < -0.4 is 20.3 Å². The third-order valence-corrected chi connectivity index (χ3v) is 4.18. The van der Waals surface area contributed by atoms with Crippen molar-refractivity contribution in [2.75, 3.05) is 12.0 Å². The standard InChI is InChI=1S/C18H13F4N3O4/c1-29-13-8-6-12(7-9-13)25-15(27)17(18(20,21)22,24-16(25)28)23-14(26)10-2-4-11(19)5-3-10/h2-9H,1H3,(H,23,26)(H,24,28)/t17-/m1/s1. The summed E-state index contributed by atoms with van der Waals surface area (Å²) in [6.07, 6.45) is -5.36. The number of hydrogen-bond donors (Lipinski definition) is 2. The van der Waals surface area contributed by atoms with Crippen LogP contribution >= 0.6 is 0 Å². The number of methoxy groups -OCH3 is 1. The van der Waals surface area contributed by atoms with Gasteiger partial charge in [-0.1, -0.05) is 0 Å². The van der Waals surface area contributed by atoms with Crippen molar-refractivity contribution in [2.45, 2.75) is 11.8 Å². The number of imide groups is 1. The number of carbonyl (C=O) groups excluding carboxylic acids is 3. The molecule has 0 saturated carbocycles. The Morgan fingerprint density at radius 3 is 2.17 bits per heavy atom. The molecule has 0 aliphatic carbocycles. The molecule has 1 atom stereocenters. The Morgan fingerprint density at radius 1 is 1.07 bits per heavy atom. The minimum atomic E-state index is -5.36. The van der Waals surface area contributed by atoms with Crippen LogP contribution in [0.25, 0.3) is 0 Å². The topological polar surface area (TPSA) is 87.7 Å². The van der Waals surface area contributed by atoms with E-state index in [0.717, 1.165) is 24.3 Å². The van der Waals surface area contributed by atoms with Gasteiger partial charge < -0.3 is 10.1 Å². The minimum absolute atomic E-state index is 0.157. The first-order valence-electron chi connectivity index (χ1n) is 8.04. The zero-order valence-electron chi connectivity index (χ0n) is 14.7. The van der Waals surface area contributed by atoms with Crippen LogP contribution in [0.5, 0.6) is 5.75 Å². The zero-order valence-corrected chi connectivity index (χ0v) is 14.7. The number of urea groups is 1. The average Bonchev–Trinajstić information content (AvgIpc) is 2.93. The summed E-state index contributed by atoms with van der Waals surface area (Å²) in [6.45, 7) is 0. The Labute approximate surface area is 161 Å². The van der Waals surface area contributed by atoms with Gasteiger partial charge in [-0.05, 0) is 48.5 Å². The van der Waals surface area contributed by atoms with Crippen molar-refractivity contribution >= 4 is 23.5 Å². The van der Waals surface area contributed by atoms with E-state index in [2.05, 4.69) is 0 Å². The van der Waals surface area contributed by atoms with E-state index < -0.39 is 35.5 Å². The number of amides is 4. The maximum atomic E-state index is 13.8. The molecule has 4 amide bonds. The lowest BCUT2D eigenvalue weighted by atomic mass is 10.1. The van der Waals surface area contributed by atoms with E-state index in [4.69, 9.17) is 4.74 Å². The van der Waals surface area contributed by atoms with Crippen LogP contribution in [0.15, 0.2) is 48.5 Å². The number of benzene rings is 2. The molecule has 0 radical (unpaired) electrons. The Morgan fingerprint density at radius 2 is 1.66 bits per heavy atom. The second kappa shape index (κ2) is 7.08. The Balaban J connectivity index is 1.97. The Hall–Kier alpha value is -3.63. The maximum absolute atomic E-state index is 13.8. The average molecular weight is 411 g/mol. The van der Waals surface area contributed by atoms with Crippen molar-refractivity contribution in [1.82, 2.24) is 10.6 Å². The second-order valence-electron chi connectivity index (χ2n) is 5.98. The molecule has 2 aromatic carbocycles. The highest BCUT2D eigenvalue weighted by Gasteiger charge is 2.69. The molecule has 152 valence electrons. The van der Waals surface area contributed by atoms with Crippen LogP contribution in [-0.2, 0) is 4.79 Å². The van der Waals surface area contributed by atoms with Crippen molar-refractivity contribution in [3.8, 4) is 5.75 Å². The van der Waals surface area contributed by atoms with Crippen molar-refractivity contribution in [3.05, 3.63) is 59.9 Å². The SMILES string of the molecule is COc1ccc(N2C(=O)N[C@@](NC(=O)c3ccc(F)cc3)(C(F)(F)F)C2=O)cc1. The quantitative estimate of drug-likeness (QED) is 0.598. The molecular weight excluding hydrogens is 398 g/mol. The number of halogens is 4. The van der Waals surface area contributed by atoms with E-state index in [9.17, 15) is 31.9 Å². The number of carbonyl (C=O) groups is 3. The van der Waals surface area contributed by atoms with Gasteiger partial charge in [-0.25, -0.2) is 14.1 Å². The second-order valence-corrected chi connectivity index (χ2v) is 5.98. The van der Waals surface area contributed by atoms with E-state index in [1.54, 1.807) is 0 Å². The fourth-order valence-electron chi connectivity index (χ4n) is 2.69. The molecule has 0 bridgehead atoms. The molecule has 7 nitrogen and oxygen atoms in total.